The second-order valence-electron chi connectivity index (χ2n) is 8.35. The van der Waals surface area contributed by atoms with Crippen molar-refractivity contribution in [1.29, 1.82) is 0 Å². The molecule has 6 nitrogen and oxygen atoms in total. The number of hydrogen-bond acceptors (Lipinski definition) is 6. The number of anilines is 1. The van der Waals surface area contributed by atoms with Crippen LogP contribution in [0.4, 0.5) is 14.6 Å². The summed E-state index contributed by atoms with van der Waals surface area (Å²) in [5.74, 6) is -0.0203. The summed E-state index contributed by atoms with van der Waals surface area (Å²) in [7, 11) is 0. The lowest BCUT2D eigenvalue weighted by Gasteiger charge is -2.33. The molecule has 1 aliphatic carbocycles. The third-order valence-corrected chi connectivity index (χ3v) is 5.90. The van der Waals surface area contributed by atoms with Gasteiger partial charge in [-0.1, -0.05) is 0 Å². The van der Waals surface area contributed by atoms with Gasteiger partial charge in [-0.25, -0.2) is 13.8 Å². The lowest BCUT2D eigenvalue weighted by Crippen LogP contribution is -2.39. The number of halogens is 2. The summed E-state index contributed by atoms with van der Waals surface area (Å²) in [4.78, 5) is 30.1. The van der Waals surface area contributed by atoms with Gasteiger partial charge in [-0.3, -0.25) is 19.7 Å². The molecule has 0 bridgehead atoms. The predicted molar refractivity (Wildman–Crippen MR) is 121 cm³/mol. The third kappa shape index (κ3) is 4.69. The summed E-state index contributed by atoms with van der Waals surface area (Å²) in [6.07, 6.45) is 8.66. The number of hydrogen-bond donors (Lipinski definition) is 1. The highest BCUT2D eigenvalue weighted by molar-refractivity contribution is 5.97. The Bertz CT molecular complexity index is 1320. The predicted octanol–water partition coefficient (Wildman–Crippen LogP) is 4.96. The van der Waals surface area contributed by atoms with Crippen LogP contribution in [0.2, 0.25) is 0 Å². The lowest BCUT2D eigenvalue weighted by atomic mass is 9.82. The molecule has 1 N–H and O–H groups in total. The SMILES string of the molecule is O=C(Cc1cc2cc(-c3cncc(NCC4(F)CCC4)n3)cnc2cn1)c1ccc(F)cc1. The summed E-state index contributed by atoms with van der Waals surface area (Å²) >= 11 is 0. The molecule has 0 saturated heterocycles. The molecule has 3 heterocycles. The van der Waals surface area contributed by atoms with Crippen molar-refractivity contribution < 1.29 is 13.6 Å². The van der Waals surface area contributed by atoms with E-state index in [4.69, 9.17) is 0 Å². The summed E-state index contributed by atoms with van der Waals surface area (Å²) in [6.45, 7) is 0.220. The molecule has 0 atom stereocenters. The topological polar surface area (TPSA) is 80.7 Å². The van der Waals surface area contributed by atoms with Crippen LogP contribution in [0.3, 0.4) is 0 Å². The second-order valence-corrected chi connectivity index (χ2v) is 8.35. The molecule has 1 fully saturated rings. The standard InChI is InChI=1S/C25H21F2N5O/c26-19-4-2-16(3-5-19)23(33)10-20-9-17-8-18(11-30-21(17)13-29-20)22-12-28-14-24(32-22)31-15-25(27)6-1-7-25/h2-5,8-9,11-14H,1,6-7,10,15H2,(H,31,32). The largest absolute Gasteiger partial charge is 0.366 e. The average molecular weight is 445 g/mol. The van der Waals surface area contributed by atoms with Crippen molar-refractivity contribution in [2.24, 2.45) is 0 Å². The summed E-state index contributed by atoms with van der Waals surface area (Å²) in [5, 5.41) is 3.85. The maximum atomic E-state index is 14.3. The molecule has 1 aliphatic rings. The van der Waals surface area contributed by atoms with E-state index in [0.29, 0.717) is 41.1 Å². The minimum Gasteiger partial charge on any atom is -0.366 e. The average Bonchev–Trinajstić information content (AvgIpc) is 2.81. The molecule has 33 heavy (non-hydrogen) atoms. The minimum absolute atomic E-state index is 0.0932. The highest BCUT2D eigenvalue weighted by atomic mass is 19.1. The zero-order valence-electron chi connectivity index (χ0n) is 17.8. The monoisotopic (exact) mass is 445 g/mol. The van der Waals surface area contributed by atoms with Gasteiger partial charge in [0.1, 0.15) is 17.3 Å². The Morgan fingerprint density at radius 2 is 1.85 bits per heavy atom. The van der Waals surface area contributed by atoms with Crippen LogP contribution >= 0.6 is 0 Å². The maximum absolute atomic E-state index is 14.3. The number of fused-ring (bicyclic) bond motifs is 1. The zero-order chi connectivity index (χ0) is 22.8. The fourth-order valence-electron chi connectivity index (χ4n) is 3.79. The van der Waals surface area contributed by atoms with E-state index in [1.807, 2.05) is 12.1 Å². The molecule has 0 radical (unpaired) electrons. The fourth-order valence-corrected chi connectivity index (χ4v) is 3.79. The van der Waals surface area contributed by atoms with Crippen molar-refractivity contribution in [2.75, 3.05) is 11.9 Å². The Hall–Kier alpha value is -3.81. The molecule has 166 valence electrons. The summed E-state index contributed by atoms with van der Waals surface area (Å²) in [5.41, 5.74) is 1.91. The molecular formula is C25H21F2N5O. The fraction of sp³-hybridized carbons (Fsp3) is 0.240. The number of nitrogens with zero attached hydrogens (tertiary/aromatic N) is 4. The quantitative estimate of drug-likeness (QED) is 0.405. The first-order valence-corrected chi connectivity index (χ1v) is 10.8. The van der Waals surface area contributed by atoms with Gasteiger partial charge in [0.15, 0.2) is 5.78 Å². The first-order valence-electron chi connectivity index (χ1n) is 10.8. The Morgan fingerprint density at radius 3 is 2.61 bits per heavy atom. The molecule has 1 saturated carbocycles. The van der Waals surface area contributed by atoms with E-state index < -0.39 is 5.67 Å². The van der Waals surface area contributed by atoms with Crippen molar-refractivity contribution in [3.05, 3.63) is 78.3 Å². The van der Waals surface area contributed by atoms with Gasteiger partial charge in [-0.15, -0.1) is 0 Å². The van der Waals surface area contributed by atoms with Crippen molar-refractivity contribution in [1.82, 2.24) is 19.9 Å². The van der Waals surface area contributed by atoms with Gasteiger partial charge in [0.05, 0.1) is 42.8 Å². The van der Waals surface area contributed by atoms with Crippen LogP contribution < -0.4 is 5.32 Å². The van der Waals surface area contributed by atoms with Crippen molar-refractivity contribution in [3.8, 4) is 11.3 Å². The molecular weight excluding hydrogens is 424 g/mol. The molecule has 8 heteroatoms. The van der Waals surface area contributed by atoms with Crippen molar-refractivity contribution in [2.45, 2.75) is 31.4 Å². The molecule has 0 amide bonds. The van der Waals surface area contributed by atoms with Gasteiger partial charge >= 0.3 is 0 Å². The molecule has 0 spiro atoms. The Balaban J connectivity index is 1.36. The normalized spacial score (nSPS) is 14.6. The molecule has 5 rings (SSSR count). The summed E-state index contributed by atoms with van der Waals surface area (Å²) < 4.78 is 27.4. The molecule has 3 aromatic heterocycles. The number of alkyl halides is 1. The van der Waals surface area contributed by atoms with Gasteiger partial charge in [0, 0.05) is 28.4 Å². The Kier molecular flexibility index (Phi) is 5.50. The number of nitrogens with one attached hydrogen (secondary N) is 1. The number of Topliss-reactive ketones (excluding diaryl/α,β-unsaturated/α-hetero) is 1. The molecule has 0 aliphatic heterocycles. The maximum Gasteiger partial charge on any atom is 0.168 e. The first kappa shape index (κ1) is 21.1. The van der Waals surface area contributed by atoms with E-state index in [1.165, 1.54) is 24.3 Å². The van der Waals surface area contributed by atoms with Crippen LogP contribution in [0.25, 0.3) is 22.2 Å². The van der Waals surface area contributed by atoms with E-state index in [1.54, 1.807) is 24.8 Å². The van der Waals surface area contributed by atoms with Crippen LogP contribution in [0.1, 0.15) is 35.3 Å². The Morgan fingerprint density at radius 1 is 1.03 bits per heavy atom. The van der Waals surface area contributed by atoms with E-state index in [2.05, 4.69) is 25.3 Å². The van der Waals surface area contributed by atoms with Gasteiger partial charge in [-0.2, -0.15) is 0 Å². The van der Waals surface area contributed by atoms with Crippen LogP contribution in [-0.4, -0.2) is 37.9 Å². The number of aromatic nitrogens is 4. The molecule has 4 aromatic rings. The van der Waals surface area contributed by atoms with Gasteiger partial charge < -0.3 is 5.32 Å². The summed E-state index contributed by atoms with van der Waals surface area (Å²) in [6, 6.07) is 9.18. The lowest BCUT2D eigenvalue weighted by molar-refractivity contribution is 0.0783. The number of carbonyl (C=O) groups excluding carboxylic acids is 1. The third-order valence-electron chi connectivity index (χ3n) is 5.90. The van der Waals surface area contributed by atoms with Gasteiger partial charge in [-0.05, 0) is 55.7 Å². The van der Waals surface area contributed by atoms with Crippen molar-refractivity contribution in [3.63, 3.8) is 0 Å². The highest BCUT2D eigenvalue weighted by Crippen LogP contribution is 2.35. The molecule has 0 unspecified atom stereocenters. The van der Waals surface area contributed by atoms with E-state index in [-0.39, 0.29) is 24.6 Å². The number of carbonyl (C=O) groups is 1. The second kappa shape index (κ2) is 8.61. The van der Waals surface area contributed by atoms with Crippen LogP contribution in [0.15, 0.2) is 61.2 Å². The van der Waals surface area contributed by atoms with Gasteiger partial charge in [0.25, 0.3) is 0 Å². The number of rotatable bonds is 7. The van der Waals surface area contributed by atoms with E-state index >= 15 is 0 Å². The van der Waals surface area contributed by atoms with Gasteiger partial charge in [0.2, 0.25) is 0 Å². The molecule has 1 aromatic carbocycles. The Labute approximate surface area is 189 Å². The smallest absolute Gasteiger partial charge is 0.168 e. The highest BCUT2D eigenvalue weighted by Gasteiger charge is 2.36. The van der Waals surface area contributed by atoms with E-state index in [0.717, 1.165) is 17.4 Å². The van der Waals surface area contributed by atoms with Crippen LogP contribution in [0, 0.1) is 5.82 Å². The number of pyridine rings is 2. The van der Waals surface area contributed by atoms with Crippen molar-refractivity contribution >= 4 is 22.5 Å². The van der Waals surface area contributed by atoms with Crippen LogP contribution in [0.5, 0.6) is 0 Å². The number of ketones is 1. The first-order chi connectivity index (χ1) is 16.0. The van der Waals surface area contributed by atoms with Crippen LogP contribution in [-0.2, 0) is 6.42 Å². The minimum atomic E-state index is -1.16. The number of benzene rings is 1. The van der Waals surface area contributed by atoms with E-state index in [9.17, 15) is 13.6 Å². The zero-order valence-corrected chi connectivity index (χ0v) is 17.8.